The van der Waals surface area contributed by atoms with Crippen LogP contribution in [-0.4, -0.2) is 33.1 Å². The Hall–Kier alpha value is -1.85. The fourth-order valence-electron chi connectivity index (χ4n) is 1.78. The first-order valence-corrected chi connectivity index (χ1v) is 5.64. The third kappa shape index (κ3) is 3.05. The number of aryl methyl sites for hydroxylation is 1. The topological polar surface area (TPSA) is 84.2 Å². The average molecular weight is 237 g/mol. The van der Waals surface area contributed by atoms with E-state index in [9.17, 15) is 9.59 Å². The van der Waals surface area contributed by atoms with Crippen LogP contribution in [-0.2, 0) is 16.1 Å². The van der Waals surface area contributed by atoms with Gasteiger partial charge >= 0.3 is 5.97 Å². The first-order chi connectivity index (χ1) is 8.18. The summed E-state index contributed by atoms with van der Waals surface area (Å²) < 4.78 is 1.93. The van der Waals surface area contributed by atoms with Crippen LogP contribution in [0, 0.1) is 11.8 Å². The summed E-state index contributed by atoms with van der Waals surface area (Å²) in [5.74, 6) is -1.80. The number of carboxylic acids is 1. The predicted octanol–water partition coefficient (Wildman–Crippen LogP) is 0.110. The highest BCUT2D eigenvalue weighted by Crippen LogP contribution is 2.38. The number of nitrogens with one attached hydrogen (secondary N) is 1. The Balaban J connectivity index is 1.60. The van der Waals surface area contributed by atoms with Crippen LogP contribution >= 0.6 is 0 Å². The number of hydrogen-bond donors (Lipinski definition) is 2. The number of carbonyl (C=O) groups excluding carboxylic acids is 1. The molecule has 1 heterocycles. The molecule has 0 aromatic carbocycles. The summed E-state index contributed by atoms with van der Waals surface area (Å²) in [5, 5.41) is 11.4. The second-order valence-electron chi connectivity index (χ2n) is 4.23. The van der Waals surface area contributed by atoms with Crippen molar-refractivity contribution >= 4 is 11.9 Å². The van der Waals surface area contributed by atoms with Crippen LogP contribution in [0.25, 0.3) is 0 Å². The van der Waals surface area contributed by atoms with Gasteiger partial charge in [-0.15, -0.1) is 0 Å². The van der Waals surface area contributed by atoms with Crippen molar-refractivity contribution in [2.24, 2.45) is 11.8 Å². The maximum atomic E-state index is 11.5. The number of nitrogens with zero attached hydrogens (tertiary/aromatic N) is 2. The molecule has 0 saturated heterocycles. The molecular weight excluding hydrogens is 222 g/mol. The molecule has 0 aliphatic heterocycles. The summed E-state index contributed by atoms with van der Waals surface area (Å²) in [5.41, 5.74) is 0. The van der Waals surface area contributed by atoms with Gasteiger partial charge in [-0.25, -0.2) is 4.98 Å². The Morgan fingerprint density at radius 1 is 1.47 bits per heavy atom. The number of imidazole rings is 1. The van der Waals surface area contributed by atoms with Gasteiger partial charge in [-0.1, -0.05) is 0 Å². The van der Waals surface area contributed by atoms with Crippen LogP contribution in [0.3, 0.4) is 0 Å². The number of carbonyl (C=O) groups is 2. The molecule has 0 radical (unpaired) electrons. The monoisotopic (exact) mass is 237 g/mol. The molecular formula is C11H15N3O3. The SMILES string of the molecule is O=C(O)C1CC1C(=O)NCCCn1ccnc1. The number of aliphatic carboxylic acids is 1. The van der Waals surface area contributed by atoms with Crippen LogP contribution in [0.4, 0.5) is 0 Å². The minimum atomic E-state index is -0.872. The molecule has 0 bridgehead atoms. The van der Waals surface area contributed by atoms with Crippen molar-refractivity contribution in [3.8, 4) is 0 Å². The molecule has 2 rings (SSSR count). The van der Waals surface area contributed by atoms with Crippen molar-refractivity contribution in [1.82, 2.24) is 14.9 Å². The van der Waals surface area contributed by atoms with E-state index >= 15 is 0 Å². The lowest BCUT2D eigenvalue weighted by Gasteiger charge is -2.04. The van der Waals surface area contributed by atoms with Crippen molar-refractivity contribution in [3.63, 3.8) is 0 Å². The largest absolute Gasteiger partial charge is 0.481 e. The summed E-state index contributed by atoms with van der Waals surface area (Å²) in [6.07, 6.45) is 6.59. The van der Waals surface area contributed by atoms with E-state index in [2.05, 4.69) is 10.3 Å². The minimum Gasteiger partial charge on any atom is -0.481 e. The molecule has 17 heavy (non-hydrogen) atoms. The van der Waals surface area contributed by atoms with E-state index in [1.165, 1.54) is 0 Å². The van der Waals surface area contributed by atoms with Crippen LogP contribution in [0.5, 0.6) is 0 Å². The molecule has 6 heteroatoms. The molecule has 2 unspecified atom stereocenters. The molecule has 1 fully saturated rings. The lowest BCUT2D eigenvalue weighted by atomic mass is 10.3. The second-order valence-corrected chi connectivity index (χ2v) is 4.23. The van der Waals surface area contributed by atoms with E-state index in [1.807, 2.05) is 10.8 Å². The van der Waals surface area contributed by atoms with Crippen LogP contribution in [0.15, 0.2) is 18.7 Å². The Kier molecular flexibility index (Phi) is 3.41. The standard InChI is InChI=1S/C11H15N3O3/c15-10(8-6-9(8)11(16)17)13-2-1-4-14-5-3-12-7-14/h3,5,7-9H,1-2,4,6H2,(H,13,15)(H,16,17). The lowest BCUT2D eigenvalue weighted by Crippen LogP contribution is -2.27. The number of carboxylic acid groups (broad SMARTS) is 1. The molecule has 1 aromatic heterocycles. The van der Waals surface area contributed by atoms with E-state index in [-0.39, 0.29) is 11.8 Å². The molecule has 0 spiro atoms. The van der Waals surface area contributed by atoms with Crippen molar-refractivity contribution in [1.29, 1.82) is 0 Å². The zero-order valence-corrected chi connectivity index (χ0v) is 9.37. The molecule has 2 atom stereocenters. The predicted molar refractivity (Wildman–Crippen MR) is 59.1 cm³/mol. The molecule has 92 valence electrons. The van der Waals surface area contributed by atoms with Gasteiger partial charge in [0.1, 0.15) is 0 Å². The molecule has 2 N–H and O–H groups in total. The number of amides is 1. The van der Waals surface area contributed by atoms with Gasteiger partial charge in [0.25, 0.3) is 0 Å². The van der Waals surface area contributed by atoms with Crippen molar-refractivity contribution in [2.45, 2.75) is 19.4 Å². The first-order valence-electron chi connectivity index (χ1n) is 5.64. The van der Waals surface area contributed by atoms with Gasteiger partial charge in [-0.2, -0.15) is 0 Å². The van der Waals surface area contributed by atoms with Gasteiger partial charge in [0.15, 0.2) is 0 Å². The summed E-state index contributed by atoms with van der Waals surface area (Å²) >= 11 is 0. The highest BCUT2D eigenvalue weighted by molar-refractivity contribution is 5.89. The van der Waals surface area contributed by atoms with E-state index in [0.29, 0.717) is 13.0 Å². The molecule has 1 aliphatic carbocycles. The molecule has 1 amide bonds. The average Bonchev–Trinajstić information content (AvgIpc) is 2.95. The van der Waals surface area contributed by atoms with Crippen molar-refractivity contribution in [3.05, 3.63) is 18.7 Å². The fraction of sp³-hybridized carbons (Fsp3) is 0.545. The van der Waals surface area contributed by atoms with Crippen molar-refractivity contribution < 1.29 is 14.7 Å². The van der Waals surface area contributed by atoms with E-state index in [4.69, 9.17) is 5.11 Å². The van der Waals surface area contributed by atoms with E-state index in [0.717, 1.165) is 13.0 Å². The van der Waals surface area contributed by atoms with E-state index < -0.39 is 11.9 Å². The quantitative estimate of drug-likeness (QED) is 0.688. The summed E-state index contributed by atoms with van der Waals surface area (Å²) in [7, 11) is 0. The summed E-state index contributed by atoms with van der Waals surface area (Å²) in [6.45, 7) is 1.37. The second kappa shape index (κ2) is 4.99. The summed E-state index contributed by atoms with van der Waals surface area (Å²) in [4.78, 5) is 26.0. The highest BCUT2D eigenvalue weighted by Gasteiger charge is 2.48. The maximum Gasteiger partial charge on any atom is 0.307 e. The Labute approximate surface area is 98.7 Å². The minimum absolute atomic E-state index is 0.136. The van der Waals surface area contributed by atoms with Gasteiger partial charge in [-0.05, 0) is 12.8 Å². The molecule has 6 nitrogen and oxygen atoms in total. The number of rotatable bonds is 6. The third-order valence-corrected chi connectivity index (χ3v) is 2.90. The molecule has 1 aliphatic rings. The Morgan fingerprint density at radius 3 is 2.88 bits per heavy atom. The number of aromatic nitrogens is 2. The van der Waals surface area contributed by atoms with E-state index in [1.54, 1.807) is 12.5 Å². The smallest absolute Gasteiger partial charge is 0.307 e. The van der Waals surface area contributed by atoms with Crippen LogP contribution < -0.4 is 5.32 Å². The van der Waals surface area contributed by atoms with Gasteiger partial charge in [0.2, 0.25) is 5.91 Å². The lowest BCUT2D eigenvalue weighted by molar-refractivity contribution is -0.140. The van der Waals surface area contributed by atoms with Gasteiger partial charge in [0.05, 0.1) is 18.2 Å². The fourth-order valence-corrected chi connectivity index (χ4v) is 1.78. The Morgan fingerprint density at radius 2 is 2.29 bits per heavy atom. The van der Waals surface area contributed by atoms with Gasteiger partial charge < -0.3 is 15.0 Å². The normalized spacial score (nSPS) is 22.1. The molecule has 1 saturated carbocycles. The highest BCUT2D eigenvalue weighted by atomic mass is 16.4. The van der Waals surface area contributed by atoms with Gasteiger partial charge in [-0.3, -0.25) is 9.59 Å². The van der Waals surface area contributed by atoms with Crippen molar-refractivity contribution in [2.75, 3.05) is 6.54 Å². The first kappa shape index (κ1) is 11.6. The maximum absolute atomic E-state index is 11.5. The van der Waals surface area contributed by atoms with Gasteiger partial charge in [0, 0.05) is 25.5 Å². The Bertz CT molecular complexity index is 402. The van der Waals surface area contributed by atoms with Crippen LogP contribution in [0.2, 0.25) is 0 Å². The number of hydrogen-bond acceptors (Lipinski definition) is 3. The summed E-state index contributed by atoms with van der Waals surface area (Å²) in [6, 6.07) is 0. The molecule has 1 aromatic rings. The third-order valence-electron chi connectivity index (χ3n) is 2.90. The zero-order valence-electron chi connectivity index (χ0n) is 9.37. The van der Waals surface area contributed by atoms with Crippen LogP contribution in [0.1, 0.15) is 12.8 Å². The zero-order chi connectivity index (χ0) is 12.3.